The van der Waals surface area contributed by atoms with Crippen LogP contribution in [0.4, 0.5) is 0 Å². The van der Waals surface area contributed by atoms with Gasteiger partial charge in [-0.1, -0.05) is 12.1 Å². The molecule has 0 aliphatic rings. The molecule has 0 saturated heterocycles. The number of aromatic nitrogens is 1. The molecule has 3 rings (SSSR count). The van der Waals surface area contributed by atoms with E-state index in [2.05, 4.69) is 20.3 Å². The molecule has 2 aromatic carbocycles. The molecule has 0 saturated carbocycles. The summed E-state index contributed by atoms with van der Waals surface area (Å²) < 4.78 is 5.81. The van der Waals surface area contributed by atoms with Gasteiger partial charge in [0, 0.05) is 29.1 Å². The van der Waals surface area contributed by atoms with Crippen LogP contribution < -0.4 is 15.8 Å². The van der Waals surface area contributed by atoms with E-state index < -0.39 is 5.91 Å². The molecular formula is C21H18N3O2P. The van der Waals surface area contributed by atoms with Crippen molar-refractivity contribution < 1.29 is 9.53 Å². The SMILES string of the molecule is Cc1cc(-c2cncc(COc3cc(P)cc(C#N)c3)c2)ccc1C(N)=O. The summed E-state index contributed by atoms with van der Waals surface area (Å²) in [6.07, 6.45) is 3.50. The van der Waals surface area contributed by atoms with Gasteiger partial charge in [-0.15, -0.1) is 9.24 Å². The maximum Gasteiger partial charge on any atom is 0.248 e. The lowest BCUT2D eigenvalue weighted by Crippen LogP contribution is -2.12. The number of carbonyl (C=O) groups is 1. The minimum absolute atomic E-state index is 0.332. The van der Waals surface area contributed by atoms with E-state index in [4.69, 9.17) is 15.7 Å². The first-order chi connectivity index (χ1) is 13.0. The van der Waals surface area contributed by atoms with Gasteiger partial charge in [-0.3, -0.25) is 9.78 Å². The van der Waals surface area contributed by atoms with Crippen LogP contribution in [0.15, 0.2) is 54.9 Å². The van der Waals surface area contributed by atoms with Gasteiger partial charge >= 0.3 is 0 Å². The van der Waals surface area contributed by atoms with E-state index in [1.165, 1.54) is 0 Å². The summed E-state index contributed by atoms with van der Waals surface area (Å²) in [5, 5.41) is 9.95. The normalized spacial score (nSPS) is 10.3. The van der Waals surface area contributed by atoms with Gasteiger partial charge in [0.05, 0.1) is 11.6 Å². The Bertz CT molecular complexity index is 1060. The zero-order valence-corrected chi connectivity index (χ0v) is 15.9. The van der Waals surface area contributed by atoms with E-state index in [1.807, 2.05) is 31.2 Å². The fourth-order valence-electron chi connectivity index (χ4n) is 2.78. The number of hydrogen-bond donors (Lipinski definition) is 1. The Morgan fingerprint density at radius 2 is 2.00 bits per heavy atom. The van der Waals surface area contributed by atoms with Crippen molar-refractivity contribution in [1.29, 1.82) is 5.26 Å². The average Bonchev–Trinajstić information content (AvgIpc) is 2.65. The van der Waals surface area contributed by atoms with Crippen LogP contribution in [0.1, 0.15) is 27.0 Å². The first-order valence-electron chi connectivity index (χ1n) is 8.24. The summed E-state index contributed by atoms with van der Waals surface area (Å²) in [5.41, 5.74) is 10.0. The summed E-state index contributed by atoms with van der Waals surface area (Å²) in [7, 11) is 2.57. The number of aryl methyl sites for hydroxylation is 1. The molecule has 1 unspecified atom stereocenters. The molecule has 0 spiro atoms. The molecule has 2 N–H and O–H groups in total. The van der Waals surface area contributed by atoms with Crippen molar-refractivity contribution in [2.75, 3.05) is 0 Å². The molecule has 5 nitrogen and oxygen atoms in total. The number of ether oxygens (including phenoxy) is 1. The summed E-state index contributed by atoms with van der Waals surface area (Å²) in [6, 6.07) is 14.9. The summed E-state index contributed by atoms with van der Waals surface area (Å²) >= 11 is 0. The molecule has 1 atom stereocenters. The summed E-state index contributed by atoms with van der Waals surface area (Å²) in [5.74, 6) is 0.193. The first kappa shape index (κ1) is 18.6. The van der Waals surface area contributed by atoms with Crippen LogP contribution in [0.5, 0.6) is 5.75 Å². The smallest absolute Gasteiger partial charge is 0.248 e. The highest BCUT2D eigenvalue weighted by Crippen LogP contribution is 2.23. The molecule has 134 valence electrons. The third-order valence-corrected chi connectivity index (χ3v) is 4.42. The van der Waals surface area contributed by atoms with Crippen LogP contribution >= 0.6 is 9.24 Å². The molecule has 1 amide bonds. The van der Waals surface area contributed by atoms with Gasteiger partial charge in [-0.2, -0.15) is 5.26 Å². The predicted molar refractivity (Wildman–Crippen MR) is 108 cm³/mol. The Morgan fingerprint density at radius 1 is 1.19 bits per heavy atom. The van der Waals surface area contributed by atoms with Crippen LogP contribution in [0.3, 0.4) is 0 Å². The van der Waals surface area contributed by atoms with Crippen molar-refractivity contribution in [2.45, 2.75) is 13.5 Å². The molecule has 3 aromatic rings. The van der Waals surface area contributed by atoms with Crippen molar-refractivity contribution in [2.24, 2.45) is 5.73 Å². The maximum atomic E-state index is 11.4. The lowest BCUT2D eigenvalue weighted by Gasteiger charge is -2.10. The van der Waals surface area contributed by atoms with Crippen LogP contribution in [0, 0.1) is 18.3 Å². The second-order valence-corrected chi connectivity index (χ2v) is 6.83. The number of pyridine rings is 1. The molecule has 1 heterocycles. The minimum Gasteiger partial charge on any atom is -0.489 e. The maximum absolute atomic E-state index is 11.4. The summed E-state index contributed by atoms with van der Waals surface area (Å²) in [6.45, 7) is 2.19. The van der Waals surface area contributed by atoms with Gasteiger partial charge in [0.15, 0.2) is 0 Å². The van der Waals surface area contributed by atoms with Gasteiger partial charge in [-0.25, -0.2) is 0 Å². The highest BCUT2D eigenvalue weighted by atomic mass is 31.0. The molecule has 0 aliphatic heterocycles. The molecule has 1 aromatic heterocycles. The van der Waals surface area contributed by atoms with Crippen LogP contribution in [0.25, 0.3) is 11.1 Å². The lowest BCUT2D eigenvalue weighted by molar-refractivity contribution is 0.0999. The van der Waals surface area contributed by atoms with Crippen LogP contribution in [-0.2, 0) is 6.61 Å². The number of nitrogens with zero attached hydrogens (tertiary/aromatic N) is 2. The second-order valence-electron chi connectivity index (χ2n) is 6.17. The molecular weight excluding hydrogens is 357 g/mol. The zero-order valence-electron chi connectivity index (χ0n) is 14.8. The predicted octanol–water partition coefficient (Wildman–Crippen LogP) is 3.11. The van der Waals surface area contributed by atoms with Crippen LogP contribution in [0.2, 0.25) is 0 Å². The number of benzene rings is 2. The lowest BCUT2D eigenvalue weighted by atomic mass is 10.00. The Labute approximate surface area is 160 Å². The molecule has 0 fully saturated rings. The number of carbonyl (C=O) groups excluding carboxylic acids is 1. The number of primary amides is 1. The number of nitriles is 1. The van der Waals surface area contributed by atoms with Gasteiger partial charge in [-0.05, 0) is 53.7 Å². The minimum atomic E-state index is -0.438. The highest BCUT2D eigenvalue weighted by Gasteiger charge is 2.08. The van der Waals surface area contributed by atoms with Gasteiger partial charge in [0.2, 0.25) is 5.91 Å². The van der Waals surface area contributed by atoms with E-state index in [0.29, 0.717) is 23.5 Å². The van der Waals surface area contributed by atoms with Crippen molar-refractivity contribution in [3.63, 3.8) is 0 Å². The first-order valence-corrected chi connectivity index (χ1v) is 8.82. The average molecular weight is 375 g/mol. The fourth-order valence-corrected chi connectivity index (χ4v) is 3.12. The highest BCUT2D eigenvalue weighted by molar-refractivity contribution is 7.27. The molecule has 27 heavy (non-hydrogen) atoms. The fraction of sp³-hybridized carbons (Fsp3) is 0.0952. The van der Waals surface area contributed by atoms with Gasteiger partial charge in [0.25, 0.3) is 0 Å². The number of rotatable bonds is 5. The van der Waals surface area contributed by atoms with E-state index >= 15 is 0 Å². The quantitative estimate of drug-likeness (QED) is 0.694. The van der Waals surface area contributed by atoms with E-state index in [-0.39, 0.29) is 0 Å². The van der Waals surface area contributed by atoms with Crippen molar-refractivity contribution in [3.05, 3.63) is 77.1 Å². The largest absolute Gasteiger partial charge is 0.489 e. The molecule has 0 bridgehead atoms. The van der Waals surface area contributed by atoms with E-state index in [0.717, 1.165) is 27.6 Å². The Hall–Kier alpha value is -3.22. The van der Waals surface area contributed by atoms with E-state index in [1.54, 1.807) is 30.6 Å². The van der Waals surface area contributed by atoms with Gasteiger partial charge < -0.3 is 10.5 Å². The third kappa shape index (κ3) is 4.49. The van der Waals surface area contributed by atoms with E-state index in [9.17, 15) is 4.79 Å². The number of hydrogen-bond acceptors (Lipinski definition) is 4. The molecule has 6 heteroatoms. The number of amides is 1. The second kappa shape index (κ2) is 7.99. The van der Waals surface area contributed by atoms with Crippen molar-refractivity contribution in [1.82, 2.24) is 4.98 Å². The Kier molecular flexibility index (Phi) is 5.49. The standard InChI is InChI=1S/C21H18N3O2P/c1-13-4-16(2-3-20(13)21(23)25)17-5-15(10-24-11-17)12-26-18-6-14(9-22)7-19(27)8-18/h2-8,10-11H,12,27H2,1H3,(H2,23,25). The van der Waals surface area contributed by atoms with Crippen LogP contribution in [-0.4, -0.2) is 10.9 Å². The molecule has 0 radical (unpaired) electrons. The topological polar surface area (TPSA) is 89.0 Å². The monoisotopic (exact) mass is 375 g/mol. The summed E-state index contributed by atoms with van der Waals surface area (Å²) in [4.78, 5) is 15.7. The third-order valence-electron chi connectivity index (χ3n) is 4.08. The Balaban J connectivity index is 1.80. The van der Waals surface area contributed by atoms with Gasteiger partial charge in [0.1, 0.15) is 12.4 Å². The van der Waals surface area contributed by atoms with Crippen molar-refractivity contribution >= 4 is 20.5 Å². The van der Waals surface area contributed by atoms with Crippen molar-refractivity contribution in [3.8, 4) is 22.9 Å². The number of nitrogens with two attached hydrogens (primary N) is 1. The Morgan fingerprint density at radius 3 is 2.70 bits per heavy atom. The molecule has 0 aliphatic carbocycles. The zero-order chi connectivity index (χ0) is 19.4.